The minimum atomic E-state index is -0.356. The molecule has 1 aromatic carbocycles. The van der Waals surface area contributed by atoms with Crippen LogP contribution in [0, 0.1) is 5.92 Å². The second-order valence-corrected chi connectivity index (χ2v) is 6.09. The third-order valence-electron chi connectivity index (χ3n) is 4.28. The van der Waals surface area contributed by atoms with E-state index in [0.717, 1.165) is 37.8 Å². The number of aromatic hydroxyl groups is 1. The molecular weight excluding hydrogens is 280 g/mol. The maximum atomic E-state index is 12.1. The van der Waals surface area contributed by atoms with Crippen LogP contribution in [0.25, 0.3) is 0 Å². The van der Waals surface area contributed by atoms with E-state index in [1.165, 1.54) is 0 Å². The number of rotatable bonds is 5. The van der Waals surface area contributed by atoms with Crippen molar-refractivity contribution in [2.45, 2.75) is 38.7 Å². The van der Waals surface area contributed by atoms with E-state index in [2.05, 4.69) is 5.32 Å². The number of piperidine rings is 1. The molecule has 2 rings (SSSR count). The van der Waals surface area contributed by atoms with E-state index in [1.807, 2.05) is 12.1 Å². The van der Waals surface area contributed by atoms with Crippen LogP contribution >= 0.6 is 0 Å². The van der Waals surface area contributed by atoms with Crippen molar-refractivity contribution in [2.75, 3.05) is 19.6 Å². The molecule has 2 unspecified atom stereocenters. The molecule has 1 aromatic rings. The monoisotopic (exact) mass is 306 g/mol. The van der Waals surface area contributed by atoms with Crippen LogP contribution in [-0.4, -0.2) is 46.9 Å². The number of aliphatic hydroxyl groups is 1. The summed E-state index contributed by atoms with van der Waals surface area (Å²) in [5.41, 5.74) is 1.15. The zero-order valence-electron chi connectivity index (χ0n) is 13.2. The Hall–Kier alpha value is -1.75. The summed E-state index contributed by atoms with van der Waals surface area (Å²) in [6.45, 7) is 3.84. The van der Waals surface area contributed by atoms with E-state index in [1.54, 1.807) is 24.0 Å². The molecule has 5 nitrogen and oxygen atoms in total. The number of benzene rings is 1. The number of phenols is 1. The van der Waals surface area contributed by atoms with Gasteiger partial charge in [-0.25, -0.2) is 4.79 Å². The highest BCUT2D eigenvalue weighted by molar-refractivity contribution is 5.74. The summed E-state index contributed by atoms with van der Waals surface area (Å²) in [7, 11) is 0. The normalized spacial score (nSPS) is 19.7. The lowest BCUT2D eigenvalue weighted by Crippen LogP contribution is -2.47. The Kier molecular flexibility index (Phi) is 6.07. The van der Waals surface area contributed by atoms with Crippen molar-refractivity contribution in [1.82, 2.24) is 10.2 Å². The number of nitrogens with zero attached hydrogens (tertiary/aromatic N) is 1. The molecule has 5 heteroatoms. The van der Waals surface area contributed by atoms with Gasteiger partial charge in [-0.05, 0) is 50.3 Å². The Morgan fingerprint density at radius 2 is 2.14 bits per heavy atom. The highest BCUT2D eigenvalue weighted by Gasteiger charge is 2.26. The molecule has 1 heterocycles. The third kappa shape index (κ3) is 4.91. The van der Waals surface area contributed by atoms with Crippen LogP contribution in [0.4, 0.5) is 4.79 Å². The van der Waals surface area contributed by atoms with Crippen LogP contribution in [-0.2, 0) is 6.42 Å². The number of aryl methyl sites for hydroxylation is 1. The molecule has 1 aliphatic rings. The smallest absolute Gasteiger partial charge is 0.317 e. The number of urea groups is 1. The van der Waals surface area contributed by atoms with Crippen molar-refractivity contribution < 1.29 is 15.0 Å². The van der Waals surface area contributed by atoms with Gasteiger partial charge in [0.1, 0.15) is 5.75 Å². The van der Waals surface area contributed by atoms with E-state index in [0.29, 0.717) is 13.1 Å². The zero-order valence-corrected chi connectivity index (χ0v) is 13.2. The molecule has 2 amide bonds. The summed E-state index contributed by atoms with van der Waals surface area (Å²) in [5, 5.41) is 21.8. The van der Waals surface area contributed by atoms with E-state index < -0.39 is 0 Å². The molecule has 0 aromatic heterocycles. The van der Waals surface area contributed by atoms with Crippen LogP contribution in [0.5, 0.6) is 5.75 Å². The Labute approximate surface area is 131 Å². The number of carbonyl (C=O) groups excluding carboxylic acids is 1. The minimum absolute atomic E-state index is 0.0314. The van der Waals surface area contributed by atoms with Gasteiger partial charge in [0, 0.05) is 25.6 Å². The Morgan fingerprint density at radius 1 is 1.41 bits per heavy atom. The summed E-state index contributed by atoms with van der Waals surface area (Å²) in [4.78, 5) is 13.9. The van der Waals surface area contributed by atoms with E-state index in [4.69, 9.17) is 0 Å². The van der Waals surface area contributed by atoms with Crippen molar-refractivity contribution in [3.8, 4) is 5.75 Å². The van der Waals surface area contributed by atoms with E-state index >= 15 is 0 Å². The van der Waals surface area contributed by atoms with Gasteiger partial charge in [0.25, 0.3) is 0 Å². The number of likely N-dealkylation sites (tertiary alicyclic amines) is 1. The zero-order chi connectivity index (χ0) is 15.9. The molecule has 0 radical (unpaired) electrons. The Balaban J connectivity index is 1.68. The van der Waals surface area contributed by atoms with Gasteiger partial charge >= 0.3 is 6.03 Å². The summed E-state index contributed by atoms with van der Waals surface area (Å²) >= 11 is 0. The van der Waals surface area contributed by atoms with Crippen molar-refractivity contribution in [2.24, 2.45) is 5.92 Å². The Bertz CT molecular complexity index is 473. The van der Waals surface area contributed by atoms with Crippen molar-refractivity contribution in [1.29, 1.82) is 0 Å². The van der Waals surface area contributed by atoms with Gasteiger partial charge in [0.15, 0.2) is 0 Å². The fourth-order valence-corrected chi connectivity index (χ4v) is 2.85. The SMILES string of the molecule is CC(O)C1CCCN(C(=O)NCCCc2ccc(O)cc2)C1. The predicted molar refractivity (Wildman–Crippen MR) is 85.8 cm³/mol. The molecule has 22 heavy (non-hydrogen) atoms. The molecule has 0 bridgehead atoms. The number of carbonyl (C=O) groups is 1. The number of hydrogen-bond acceptors (Lipinski definition) is 3. The van der Waals surface area contributed by atoms with Gasteiger partial charge in [-0.2, -0.15) is 0 Å². The second kappa shape index (κ2) is 8.03. The van der Waals surface area contributed by atoms with Crippen molar-refractivity contribution >= 4 is 6.03 Å². The predicted octanol–water partition coefficient (Wildman–Crippen LogP) is 2.13. The molecule has 1 fully saturated rings. The van der Waals surface area contributed by atoms with Gasteiger partial charge in [0.2, 0.25) is 0 Å². The highest BCUT2D eigenvalue weighted by Crippen LogP contribution is 2.19. The first kappa shape index (κ1) is 16.6. The van der Waals surface area contributed by atoms with E-state index in [9.17, 15) is 15.0 Å². The maximum Gasteiger partial charge on any atom is 0.317 e. The Morgan fingerprint density at radius 3 is 2.82 bits per heavy atom. The molecule has 0 saturated carbocycles. The molecule has 1 saturated heterocycles. The lowest BCUT2D eigenvalue weighted by atomic mass is 9.94. The molecule has 0 aliphatic carbocycles. The van der Waals surface area contributed by atoms with Crippen LogP contribution in [0.2, 0.25) is 0 Å². The van der Waals surface area contributed by atoms with Gasteiger partial charge < -0.3 is 20.4 Å². The largest absolute Gasteiger partial charge is 0.508 e. The number of nitrogens with one attached hydrogen (secondary N) is 1. The fourth-order valence-electron chi connectivity index (χ4n) is 2.85. The molecule has 0 spiro atoms. The molecular formula is C17H26N2O3. The number of aliphatic hydroxyl groups excluding tert-OH is 1. The summed E-state index contributed by atoms with van der Waals surface area (Å²) in [5.74, 6) is 0.464. The first-order valence-electron chi connectivity index (χ1n) is 8.05. The number of hydrogen-bond donors (Lipinski definition) is 3. The van der Waals surface area contributed by atoms with Crippen LogP contribution in [0.3, 0.4) is 0 Å². The molecule has 3 N–H and O–H groups in total. The average molecular weight is 306 g/mol. The third-order valence-corrected chi connectivity index (χ3v) is 4.28. The number of phenolic OH excluding ortho intramolecular Hbond substituents is 1. The highest BCUT2D eigenvalue weighted by atomic mass is 16.3. The van der Waals surface area contributed by atoms with Gasteiger partial charge in [-0.15, -0.1) is 0 Å². The summed E-state index contributed by atoms with van der Waals surface area (Å²) in [6, 6.07) is 7.12. The van der Waals surface area contributed by atoms with Crippen molar-refractivity contribution in [3.05, 3.63) is 29.8 Å². The average Bonchev–Trinajstić information content (AvgIpc) is 2.53. The first-order chi connectivity index (χ1) is 10.6. The molecule has 1 aliphatic heterocycles. The van der Waals surface area contributed by atoms with E-state index in [-0.39, 0.29) is 23.8 Å². The molecule has 122 valence electrons. The van der Waals surface area contributed by atoms with Crippen molar-refractivity contribution in [3.63, 3.8) is 0 Å². The van der Waals surface area contributed by atoms with Gasteiger partial charge in [0.05, 0.1) is 6.10 Å². The van der Waals surface area contributed by atoms with Gasteiger partial charge in [-0.3, -0.25) is 0 Å². The minimum Gasteiger partial charge on any atom is -0.508 e. The van der Waals surface area contributed by atoms with Gasteiger partial charge in [-0.1, -0.05) is 12.1 Å². The fraction of sp³-hybridized carbons (Fsp3) is 0.588. The van der Waals surface area contributed by atoms with Crippen LogP contribution in [0.1, 0.15) is 31.7 Å². The summed E-state index contributed by atoms with van der Waals surface area (Å²) < 4.78 is 0. The number of amides is 2. The molecule has 2 atom stereocenters. The first-order valence-corrected chi connectivity index (χ1v) is 8.05. The maximum absolute atomic E-state index is 12.1. The second-order valence-electron chi connectivity index (χ2n) is 6.09. The topological polar surface area (TPSA) is 72.8 Å². The quantitative estimate of drug-likeness (QED) is 0.730. The van der Waals surface area contributed by atoms with Crippen LogP contribution in [0.15, 0.2) is 24.3 Å². The standard InChI is InChI=1S/C17H26N2O3/c1-13(20)15-5-3-11-19(12-15)17(22)18-10-2-4-14-6-8-16(21)9-7-14/h6-9,13,15,20-21H,2-5,10-12H2,1H3,(H,18,22). The lowest BCUT2D eigenvalue weighted by molar-refractivity contribution is 0.0739. The lowest BCUT2D eigenvalue weighted by Gasteiger charge is -2.34. The van der Waals surface area contributed by atoms with Crippen LogP contribution < -0.4 is 5.32 Å². The summed E-state index contributed by atoms with van der Waals surface area (Å²) in [6.07, 6.45) is 3.32.